The van der Waals surface area contributed by atoms with Gasteiger partial charge in [-0.3, -0.25) is 4.70 Å². The predicted molar refractivity (Wildman–Crippen MR) is 51.9 cm³/mol. The van der Waals surface area contributed by atoms with E-state index in [2.05, 4.69) is 12.3 Å². The summed E-state index contributed by atoms with van der Waals surface area (Å²) < 4.78 is 12.8. The van der Waals surface area contributed by atoms with Gasteiger partial charge in [0, 0.05) is 0 Å². The van der Waals surface area contributed by atoms with E-state index in [4.69, 9.17) is 0 Å². The lowest BCUT2D eigenvalue weighted by Gasteiger charge is -2.00. The molecule has 1 aromatic carbocycles. The van der Waals surface area contributed by atoms with Crippen LogP contribution in [-0.4, -0.2) is 0 Å². The highest BCUT2D eigenvalue weighted by molar-refractivity contribution is 5.63. The van der Waals surface area contributed by atoms with E-state index >= 15 is 0 Å². The second-order valence-electron chi connectivity index (χ2n) is 2.77. The van der Waals surface area contributed by atoms with Crippen molar-refractivity contribution < 1.29 is 9.09 Å². The second-order valence-corrected chi connectivity index (χ2v) is 2.77. The summed E-state index contributed by atoms with van der Waals surface area (Å²) in [6.07, 6.45) is 0. The van der Waals surface area contributed by atoms with E-state index in [0.29, 0.717) is 5.56 Å². The van der Waals surface area contributed by atoms with Gasteiger partial charge in [-0.1, -0.05) is 12.6 Å². The van der Waals surface area contributed by atoms with E-state index in [1.807, 2.05) is 6.92 Å². The smallest absolute Gasteiger partial charge is 0.126 e. The molecule has 0 spiro atoms. The summed E-state index contributed by atoms with van der Waals surface area (Å²) in [4.78, 5) is 0. The maximum absolute atomic E-state index is 12.8. The Morgan fingerprint density at radius 3 is 2.54 bits per heavy atom. The van der Waals surface area contributed by atoms with Crippen molar-refractivity contribution in [2.24, 2.45) is 0 Å². The van der Waals surface area contributed by atoms with Gasteiger partial charge in [-0.2, -0.15) is 0 Å². The average Bonchev–Trinajstić information content (AvgIpc) is 2.08. The quantitative estimate of drug-likeness (QED) is 0.583. The Balaban J connectivity index is 0.00000144. The molecule has 0 atom stereocenters. The van der Waals surface area contributed by atoms with Crippen LogP contribution in [-0.2, 0) is 0 Å². The molecule has 0 amide bonds. The number of halogens is 2. The van der Waals surface area contributed by atoms with E-state index < -0.39 is 0 Å². The van der Waals surface area contributed by atoms with Crippen molar-refractivity contribution >= 4 is 5.57 Å². The SMILES string of the molecule is C=C=C(C)c1ccc(F)c(C)c1.F. The Morgan fingerprint density at radius 2 is 2.08 bits per heavy atom. The third kappa shape index (κ3) is 2.53. The van der Waals surface area contributed by atoms with Gasteiger partial charge < -0.3 is 0 Å². The van der Waals surface area contributed by atoms with Crippen LogP contribution in [0, 0.1) is 12.7 Å². The van der Waals surface area contributed by atoms with Gasteiger partial charge in [0.2, 0.25) is 0 Å². The molecule has 0 aliphatic heterocycles. The molecular formula is C11H12F2. The normalized spacial score (nSPS) is 8.54. The van der Waals surface area contributed by atoms with E-state index in [0.717, 1.165) is 11.1 Å². The number of rotatable bonds is 1. The van der Waals surface area contributed by atoms with Crippen LogP contribution in [0.1, 0.15) is 18.1 Å². The maximum Gasteiger partial charge on any atom is 0.126 e. The van der Waals surface area contributed by atoms with Crippen LogP contribution in [0.2, 0.25) is 0 Å². The summed E-state index contributed by atoms with van der Waals surface area (Å²) in [6, 6.07) is 4.99. The average molecular weight is 182 g/mol. The minimum Gasteiger partial charge on any atom is -0.269 e. The van der Waals surface area contributed by atoms with Gasteiger partial charge in [-0.05, 0) is 42.7 Å². The van der Waals surface area contributed by atoms with Crippen molar-refractivity contribution in [3.63, 3.8) is 0 Å². The number of benzene rings is 1. The topological polar surface area (TPSA) is 0 Å². The number of allylic oxidation sites excluding steroid dienone is 1. The Hall–Kier alpha value is -1.40. The first kappa shape index (κ1) is 11.6. The Bertz CT molecular complexity index is 347. The summed E-state index contributed by atoms with van der Waals surface area (Å²) in [7, 11) is 0. The molecule has 0 heterocycles. The van der Waals surface area contributed by atoms with Crippen molar-refractivity contribution in [3.8, 4) is 0 Å². The molecule has 0 unspecified atom stereocenters. The van der Waals surface area contributed by atoms with Crippen molar-refractivity contribution in [2.75, 3.05) is 0 Å². The van der Waals surface area contributed by atoms with E-state index in [1.54, 1.807) is 19.1 Å². The van der Waals surface area contributed by atoms with Crippen LogP contribution in [0.4, 0.5) is 9.09 Å². The van der Waals surface area contributed by atoms with Crippen molar-refractivity contribution in [1.29, 1.82) is 0 Å². The van der Waals surface area contributed by atoms with Crippen LogP contribution in [0.15, 0.2) is 30.5 Å². The fourth-order valence-corrected chi connectivity index (χ4v) is 0.980. The van der Waals surface area contributed by atoms with Gasteiger partial charge in [0.05, 0.1) is 0 Å². The molecule has 2 heteroatoms. The highest BCUT2D eigenvalue weighted by atomic mass is 19.1. The monoisotopic (exact) mass is 182 g/mol. The summed E-state index contributed by atoms with van der Waals surface area (Å²) in [5, 5.41) is 0. The molecule has 13 heavy (non-hydrogen) atoms. The van der Waals surface area contributed by atoms with Crippen LogP contribution in [0.5, 0.6) is 0 Å². The molecule has 1 rings (SSSR count). The lowest BCUT2D eigenvalue weighted by Crippen LogP contribution is -1.84. The van der Waals surface area contributed by atoms with E-state index in [1.165, 1.54) is 6.07 Å². The minimum atomic E-state index is -0.171. The molecule has 0 nitrogen and oxygen atoms in total. The number of hydrogen-bond donors (Lipinski definition) is 0. The largest absolute Gasteiger partial charge is 0.269 e. The molecule has 1 aromatic rings. The number of aryl methyl sites for hydroxylation is 1. The summed E-state index contributed by atoms with van der Waals surface area (Å²) in [5.41, 5.74) is 5.35. The standard InChI is InChI=1S/C11H11F.FH/c1-4-8(2)10-5-6-11(12)9(3)7-10;/h5-7H,1H2,2-3H3;1H. The zero-order chi connectivity index (χ0) is 9.14. The molecule has 70 valence electrons. The first-order valence-electron chi connectivity index (χ1n) is 3.78. The zero-order valence-electron chi connectivity index (χ0n) is 7.73. The van der Waals surface area contributed by atoms with Gasteiger partial charge >= 0.3 is 0 Å². The van der Waals surface area contributed by atoms with Crippen molar-refractivity contribution in [1.82, 2.24) is 0 Å². The lowest BCUT2D eigenvalue weighted by atomic mass is 10.1. The summed E-state index contributed by atoms with van der Waals surface area (Å²) in [5.74, 6) is -0.171. The van der Waals surface area contributed by atoms with Gasteiger partial charge in [-0.15, -0.1) is 5.73 Å². The number of hydrogen-bond acceptors (Lipinski definition) is 0. The molecule has 0 N–H and O–H groups in total. The molecule has 0 fully saturated rings. The Morgan fingerprint density at radius 1 is 1.46 bits per heavy atom. The molecule has 0 radical (unpaired) electrons. The second kappa shape index (κ2) is 4.58. The fraction of sp³-hybridized carbons (Fsp3) is 0.182. The maximum atomic E-state index is 12.8. The molecule has 0 aliphatic carbocycles. The third-order valence-corrected chi connectivity index (χ3v) is 1.86. The molecular weight excluding hydrogens is 170 g/mol. The Labute approximate surface area is 76.8 Å². The third-order valence-electron chi connectivity index (χ3n) is 1.86. The molecule has 0 saturated heterocycles. The fourth-order valence-electron chi connectivity index (χ4n) is 0.980. The summed E-state index contributed by atoms with van der Waals surface area (Å²) in [6.45, 7) is 7.18. The van der Waals surface area contributed by atoms with Gasteiger partial charge in [-0.25, -0.2) is 4.39 Å². The summed E-state index contributed by atoms with van der Waals surface area (Å²) >= 11 is 0. The highest BCUT2D eigenvalue weighted by Crippen LogP contribution is 2.15. The lowest BCUT2D eigenvalue weighted by molar-refractivity contribution is 0.618. The first-order chi connectivity index (χ1) is 5.65. The van der Waals surface area contributed by atoms with Crippen LogP contribution in [0.3, 0.4) is 0 Å². The Kier molecular flexibility index (Phi) is 4.09. The zero-order valence-corrected chi connectivity index (χ0v) is 7.73. The van der Waals surface area contributed by atoms with Gasteiger partial charge in [0.1, 0.15) is 5.82 Å². The minimum absolute atomic E-state index is 0. The molecule has 0 aromatic heterocycles. The molecule has 0 aliphatic rings. The predicted octanol–water partition coefficient (Wildman–Crippen LogP) is 3.47. The van der Waals surface area contributed by atoms with Crippen LogP contribution in [0.25, 0.3) is 5.57 Å². The van der Waals surface area contributed by atoms with Gasteiger partial charge in [0.15, 0.2) is 0 Å². The van der Waals surface area contributed by atoms with Crippen LogP contribution >= 0.6 is 0 Å². The first-order valence-corrected chi connectivity index (χ1v) is 3.78. The van der Waals surface area contributed by atoms with Gasteiger partial charge in [0.25, 0.3) is 0 Å². The highest BCUT2D eigenvalue weighted by Gasteiger charge is 1.99. The molecule has 0 saturated carbocycles. The van der Waals surface area contributed by atoms with Crippen molar-refractivity contribution in [3.05, 3.63) is 47.5 Å². The van der Waals surface area contributed by atoms with E-state index in [9.17, 15) is 4.39 Å². The van der Waals surface area contributed by atoms with E-state index in [-0.39, 0.29) is 10.5 Å². The van der Waals surface area contributed by atoms with Crippen LogP contribution < -0.4 is 0 Å². The molecule has 0 bridgehead atoms. The van der Waals surface area contributed by atoms with Crippen molar-refractivity contribution in [2.45, 2.75) is 13.8 Å².